The summed E-state index contributed by atoms with van der Waals surface area (Å²) in [5.74, 6) is 1.62. The third-order valence-corrected chi connectivity index (χ3v) is 5.03. The van der Waals surface area contributed by atoms with Crippen LogP contribution in [0.5, 0.6) is 0 Å². The van der Waals surface area contributed by atoms with E-state index in [0.29, 0.717) is 0 Å². The fourth-order valence-corrected chi connectivity index (χ4v) is 3.67. The number of fused-ring (bicyclic) bond motifs is 1. The van der Waals surface area contributed by atoms with E-state index in [1.54, 1.807) is 0 Å². The highest BCUT2D eigenvalue weighted by atomic mass is 35.5. The third-order valence-electron chi connectivity index (χ3n) is 4.78. The van der Waals surface area contributed by atoms with Crippen LogP contribution < -0.4 is 9.93 Å². The maximum atomic E-state index is 6.18. The van der Waals surface area contributed by atoms with Crippen molar-refractivity contribution in [2.75, 3.05) is 13.1 Å². The Morgan fingerprint density at radius 2 is 1.88 bits per heavy atom. The van der Waals surface area contributed by atoms with Gasteiger partial charge in [-0.1, -0.05) is 30.7 Å². The maximum Gasteiger partial charge on any atom is 0.214 e. The second-order valence-electron chi connectivity index (χ2n) is 6.69. The van der Waals surface area contributed by atoms with Crippen molar-refractivity contribution < 1.29 is 4.42 Å². The van der Waals surface area contributed by atoms with Gasteiger partial charge in [0, 0.05) is 22.9 Å². The molecule has 1 aliphatic rings. The van der Waals surface area contributed by atoms with Gasteiger partial charge in [0.2, 0.25) is 5.36 Å². The zero-order valence-corrected chi connectivity index (χ0v) is 14.6. The van der Waals surface area contributed by atoms with E-state index >= 15 is 0 Å². The Morgan fingerprint density at radius 1 is 1.08 bits per heavy atom. The summed E-state index contributed by atoms with van der Waals surface area (Å²) < 4.78 is 8.68. The van der Waals surface area contributed by atoms with Crippen LogP contribution in [0.2, 0.25) is 5.02 Å². The molecule has 1 fully saturated rings. The molecule has 0 aliphatic carbocycles. The summed E-state index contributed by atoms with van der Waals surface area (Å²) >= 11 is 6.02. The molecular formula is C21H21ClNO+. The molecule has 0 bridgehead atoms. The molecule has 0 radical (unpaired) electrons. The summed E-state index contributed by atoms with van der Waals surface area (Å²) in [5.41, 5.74) is 1.98. The predicted octanol–water partition coefficient (Wildman–Crippen LogP) is 4.96. The molecule has 1 saturated heterocycles. The van der Waals surface area contributed by atoms with E-state index in [9.17, 15) is 0 Å². The molecule has 0 N–H and O–H groups in total. The first-order valence-electron chi connectivity index (χ1n) is 8.57. The van der Waals surface area contributed by atoms with Crippen LogP contribution in [-0.2, 0) is 0 Å². The van der Waals surface area contributed by atoms with Crippen molar-refractivity contribution in [3.63, 3.8) is 0 Å². The highest BCUT2D eigenvalue weighted by Gasteiger charge is 2.20. The normalized spacial score (nSPS) is 20.3. The third kappa shape index (κ3) is 2.99. The van der Waals surface area contributed by atoms with E-state index in [1.165, 1.54) is 23.6 Å². The number of para-hydroxylation sites is 1. The lowest BCUT2D eigenvalue weighted by atomic mass is 10.0. The summed E-state index contributed by atoms with van der Waals surface area (Å²) in [7, 11) is 0. The van der Waals surface area contributed by atoms with Crippen LogP contribution >= 0.6 is 11.6 Å². The Labute approximate surface area is 147 Å². The Kier molecular flexibility index (Phi) is 4.15. The number of hydrogen-bond donors (Lipinski definition) is 0. The van der Waals surface area contributed by atoms with E-state index in [1.807, 2.05) is 36.4 Å². The van der Waals surface area contributed by atoms with Crippen molar-refractivity contribution in [1.82, 2.24) is 4.58 Å². The van der Waals surface area contributed by atoms with Crippen molar-refractivity contribution >= 4 is 22.6 Å². The van der Waals surface area contributed by atoms with Crippen LogP contribution in [0.4, 0.5) is 0 Å². The summed E-state index contributed by atoms with van der Waals surface area (Å²) in [6, 6.07) is 18.3. The zero-order chi connectivity index (χ0) is 16.5. The molecule has 1 aromatic heterocycles. The van der Waals surface area contributed by atoms with Crippen LogP contribution in [0.1, 0.15) is 19.8 Å². The van der Waals surface area contributed by atoms with Gasteiger partial charge < -0.3 is 4.42 Å². The van der Waals surface area contributed by atoms with Gasteiger partial charge >= 0.3 is 0 Å². The number of nitrogens with zero attached hydrogens (tertiary/aromatic N) is 1. The van der Waals surface area contributed by atoms with Crippen LogP contribution in [0.15, 0.2) is 59.0 Å². The van der Waals surface area contributed by atoms with Gasteiger partial charge in [-0.25, -0.2) is 4.58 Å². The second kappa shape index (κ2) is 6.45. The first kappa shape index (κ1) is 15.5. The second-order valence-corrected chi connectivity index (χ2v) is 7.13. The van der Waals surface area contributed by atoms with Crippen LogP contribution in [-0.4, -0.2) is 13.1 Å². The van der Waals surface area contributed by atoms with E-state index in [-0.39, 0.29) is 0 Å². The largest absolute Gasteiger partial charge is 0.456 e. The first-order valence-corrected chi connectivity index (χ1v) is 8.95. The van der Waals surface area contributed by atoms with E-state index in [0.717, 1.165) is 40.9 Å². The summed E-state index contributed by atoms with van der Waals surface area (Å²) in [6.07, 6.45) is 2.56. The predicted molar refractivity (Wildman–Crippen MR) is 100 cm³/mol. The van der Waals surface area contributed by atoms with Crippen molar-refractivity contribution in [3.8, 4) is 11.3 Å². The van der Waals surface area contributed by atoms with E-state index < -0.39 is 0 Å². The maximum absolute atomic E-state index is 6.18. The number of halogens is 1. The Balaban J connectivity index is 1.98. The molecule has 0 spiro atoms. The summed E-state index contributed by atoms with van der Waals surface area (Å²) in [6.45, 7) is 4.55. The number of hydrogen-bond acceptors (Lipinski definition) is 1. The lowest BCUT2D eigenvalue weighted by molar-refractivity contribution is 0.358. The topological polar surface area (TPSA) is 16.1 Å². The molecule has 4 rings (SSSR count). The first-order chi connectivity index (χ1) is 11.7. The number of rotatable bonds is 1. The Morgan fingerprint density at radius 3 is 2.67 bits per heavy atom. The summed E-state index contributed by atoms with van der Waals surface area (Å²) in [4.78, 5) is 0. The van der Waals surface area contributed by atoms with Crippen molar-refractivity contribution in [1.29, 1.82) is 0 Å². The average molecular weight is 339 g/mol. The quantitative estimate of drug-likeness (QED) is 0.573. The molecule has 2 nitrogen and oxygen atoms in total. The molecule has 0 unspecified atom stereocenters. The van der Waals surface area contributed by atoms with Crippen molar-refractivity contribution in [2.45, 2.75) is 19.8 Å². The molecule has 1 atom stereocenters. The SMILES string of the molecule is C[C@@H]1CCC[N+](=c2cc(-c3ccc(Cl)cc3)oc3ccccc23)C1. The van der Waals surface area contributed by atoms with Gasteiger partial charge in [-0.2, -0.15) is 0 Å². The van der Waals surface area contributed by atoms with Crippen LogP contribution in [0.3, 0.4) is 0 Å². The average Bonchev–Trinajstić information content (AvgIpc) is 2.61. The Hall–Kier alpha value is -2.06. The van der Waals surface area contributed by atoms with Gasteiger partial charge in [0.25, 0.3) is 0 Å². The van der Waals surface area contributed by atoms with Crippen LogP contribution in [0, 0.1) is 5.92 Å². The minimum atomic E-state index is 0.730. The minimum Gasteiger partial charge on any atom is -0.456 e. The van der Waals surface area contributed by atoms with Gasteiger partial charge in [-0.3, -0.25) is 0 Å². The molecular weight excluding hydrogens is 318 g/mol. The lowest BCUT2D eigenvalue weighted by Gasteiger charge is -2.16. The molecule has 2 aromatic carbocycles. The van der Waals surface area contributed by atoms with Crippen molar-refractivity contribution in [2.24, 2.45) is 5.92 Å². The standard InChI is InChI=1S/C21H21ClNO/c1-15-5-4-12-23(14-15)19-13-21(16-8-10-17(22)11-9-16)24-20-7-3-2-6-18(19)20/h2-3,6-11,13,15H,4-5,12,14H2,1H3/q+1/t15-/m1/s1. The molecule has 0 saturated carbocycles. The highest BCUT2D eigenvalue weighted by molar-refractivity contribution is 6.30. The highest BCUT2D eigenvalue weighted by Crippen LogP contribution is 2.23. The number of benzene rings is 2. The Bertz CT molecular complexity index is 940. The molecule has 1 aliphatic heterocycles. The molecule has 122 valence electrons. The van der Waals surface area contributed by atoms with Gasteiger partial charge in [0.05, 0.1) is 11.5 Å². The van der Waals surface area contributed by atoms with Gasteiger partial charge in [0.1, 0.15) is 24.4 Å². The molecule has 2 heterocycles. The van der Waals surface area contributed by atoms with E-state index in [2.05, 4.69) is 29.7 Å². The van der Waals surface area contributed by atoms with Gasteiger partial charge in [0.15, 0.2) is 0 Å². The molecule has 3 aromatic rings. The summed E-state index contributed by atoms with van der Waals surface area (Å²) in [5, 5.41) is 3.20. The number of piperidine rings is 1. The van der Waals surface area contributed by atoms with Gasteiger partial charge in [-0.15, -0.1) is 0 Å². The zero-order valence-electron chi connectivity index (χ0n) is 13.8. The van der Waals surface area contributed by atoms with E-state index in [4.69, 9.17) is 16.0 Å². The smallest absolute Gasteiger partial charge is 0.214 e. The monoisotopic (exact) mass is 338 g/mol. The fraction of sp³-hybridized carbons (Fsp3) is 0.286. The minimum absolute atomic E-state index is 0.730. The molecule has 24 heavy (non-hydrogen) atoms. The molecule has 3 heteroatoms. The lowest BCUT2D eigenvalue weighted by Crippen LogP contribution is -2.38. The van der Waals surface area contributed by atoms with Crippen LogP contribution in [0.25, 0.3) is 22.3 Å². The van der Waals surface area contributed by atoms with Crippen molar-refractivity contribution in [3.05, 3.63) is 65.0 Å². The van der Waals surface area contributed by atoms with Gasteiger partial charge in [-0.05, 0) is 42.8 Å². The molecule has 0 amide bonds. The fourth-order valence-electron chi connectivity index (χ4n) is 3.54.